The Morgan fingerprint density at radius 1 is 1.16 bits per heavy atom. The van der Waals surface area contributed by atoms with Crippen molar-refractivity contribution in [1.29, 1.82) is 0 Å². The summed E-state index contributed by atoms with van der Waals surface area (Å²) < 4.78 is 1.79. The first-order valence-electron chi connectivity index (χ1n) is 10.7. The van der Waals surface area contributed by atoms with E-state index >= 15 is 0 Å². The summed E-state index contributed by atoms with van der Waals surface area (Å²) in [5.74, 6) is 0.325. The van der Waals surface area contributed by atoms with Gasteiger partial charge in [-0.15, -0.1) is 0 Å². The highest BCUT2D eigenvalue weighted by atomic mass is 35.5. The number of carbonyl (C=O) groups excluding carboxylic acids is 2. The van der Waals surface area contributed by atoms with Crippen LogP contribution in [0.1, 0.15) is 48.7 Å². The molecule has 0 radical (unpaired) electrons. The van der Waals surface area contributed by atoms with Crippen LogP contribution in [0.25, 0.3) is 5.69 Å². The minimum absolute atomic E-state index is 0.00971. The Labute approximate surface area is 192 Å². The van der Waals surface area contributed by atoms with Crippen LogP contribution in [0, 0.1) is 0 Å². The molecule has 0 bridgehead atoms. The lowest BCUT2D eigenvalue weighted by atomic mass is 10.1. The predicted octanol–water partition coefficient (Wildman–Crippen LogP) is 3.34. The summed E-state index contributed by atoms with van der Waals surface area (Å²) >= 11 is 12.4. The molecular weight excluding hydrogens is 437 g/mol. The van der Waals surface area contributed by atoms with Gasteiger partial charge in [0, 0.05) is 43.2 Å². The molecule has 0 unspecified atom stereocenters. The number of hydrogen-bond donors (Lipinski definition) is 1. The average Bonchev–Trinajstić information content (AvgIpc) is 3.46. The highest BCUT2D eigenvalue weighted by Crippen LogP contribution is 2.43. The van der Waals surface area contributed by atoms with E-state index in [9.17, 15) is 9.59 Å². The van der Waals surface area contributed by atoms with Crippen LogP contribution in [0.15, 0.2) is 24.4 Å². The van der Waals surface area contributed by atoms with E-state index in [2.05, 4.69) is 15.3 Å². The molecule has 1 saturated carbocycles. The van der Waals surface area contributed by atoms with Gasteiger partial charge in [0.05, 0.1) is 34.7 Å². The molecule has 0 atom stereocenters. The highest BCUT2D eigenvalue weighted by Gasteiger charge is 2.35. The van der Waals surface area contributed by atoms with E-state index in [0.717, 1.165) is 24.2 Å². The molecule has 1 aromatic heterocycles. The Hall–Kier alpha value is -2.09. The maximum Gasteiger partial charge on any atom is 0.257 e. The zero-order valence-electron chi connectivity index (χ0n) is 17.8. The first-order chi connectivity index (χ1) is 14.8. The Bertz CT molecular complexity index is 978. The molecule has 2 heterocycles. The maximum absolute atomic E-state index is 13.3. The summed E-state index contributed by atoms with van der Waals surface area (Å²) in [6.07, 6.45) is 3.73. The molecule has 1 aliphatic carbocycles. The van der Waals surface area contributed by atoms with Gasteiger partial charge in [-0.1, -0.05) is 23.2 Å². The molecule has 2 amide bonds. The Balaban J connectivity index is 1.47. The zero-order chi connectivity index (χ0) is 22.1. The predicted molar refractivity (Wildman–Crippen MR) is 121 cm³/mol. The van der Waals surface area contributed by atoms with Crippen LogP contribution in [0.4, 0.5) is 0 Å². The van der Waals surface area contributed by atoms with Crippen LogP contribution in [0.2, 0.25) is 10.0 Å². The summed E-state index contributed by atoms with van der Waals surface area (Å²) in [5, 5.41) is 8.49. The minimum atomic E-state index is -0.00971. The largest absolute Gasteiger partial charge is 0.353 e. The van der Waals surface area contributed by atoms with Gasteiger partial charge in [0.25, 0.3) is 5.91 Å². The number of hydrogen-bond acceptors (Lipinski definition) is 4. The van der Waals surface area contributed by atoms with Crippen molar-refractivity contribution in [2.24, 2.45) is 0 Å². The second kappa shape index (κ2) is 9.18. The molecule has 1 saturated heterocycles. The standard InChI is InChI=1S/C22H27Cl2N5O2/c1-14(2)26-20(30)13-27-7-9-28(10-8-27)22(31)17-12-25-29(21(17)15-3-4-15)19-6-5-16(23)11-18(19)24/h5-6,11-12,14-15H,3-4,7-10,13H2,1-2H3,(H,26,30). The third kappa shape index (κ3) is 5.05. The van der Waals surface area contributed by atoms with Crippen LogP contribution < -0.4 is 5.32 Å². The van der Waals surface area contributed by atoms with Crippen molar-refractivity contribution in [3.8, 4) is 5.69 Å². The van der Waals surface area contributed by atoms with E-state index in [0.29, 0.717) is 54.3 Å². The molecule has 0 spiro atoms. The molecule has 2 fully saturated rings. The zero-order valence-corrected chi connectivity index (χ0v) is 19.3. The second-order valence-electron chi connectivity index (χ2n) is 8.52. The Kier molecular flexibility index (Phi) is 6.55. The number of benzene rings is 1. The smallest absolute Gasteiger partial charge is 0.257 e. The molecule has 166 valence electrons. The number of carbonyl (C=O) groups is 2. The molecule has 4 rings (SSSR count). The molecule has 7 nitrogen and oxygen atoms in total. The van der Waals surface area contributed by atoms with E-state index in [1.54, 1.807) is 23.0 Å². The summed E-state index contributed by atoms with van der Waals surface area (Å²) in [7, 11) is 0. The summed E-state index contributed by atoms with van der Waals surface area (Å²) in [6, 6.07) is 5.42. The van der Waals surface area contributed by atoms with Gasteiger partial charge in [0.1, 0.15) is 0 Å². The quantitative estimate of drug-likeness (QED) is 0.712. The van der Waals surface area contributed by atoms with E-state index < -0.39 is 0 Å². The molecule has 2 aromatic rings. The van der Waals surface area contributed by atoms with Gasteiger partial charge in [-0.3, -0.25) is 14.5 Å². The average molecular weight is 464 g/mol. The fraction of sp³-hybridized carbons (Fsp3) is 0.500. The van der Waals surface area contributed by atoms with E-state index in [4.69, 9.17) is 23.2 Å². The first kappa shape index (κ1) is 22.1. The minimum Gasteiger partial charge on any atom is -0.353 e. The second-order valence-corrected chi connectivity index (χ2v) is 9.36. The van der Waals surface area contributed by atoms with Gasteiger partial charge in [0.2, 0.25) is 5.91 Å². The van der Waals surface area contributed by atoms with Crippen molar-refractivity contribution in [2.45, 2.75) is 38.6 Å². The third-order valence-electron chi connectivity index (χ3n) is 5.62. The van der Waals surface area contributed by atoms with E-state index in [1.807, 2.05) is 24.8 Å². The molecule has 2 aliphatic rings. The fourth-order valence-electron chi connectivity index (χ4n) is 3.97. The lowest BCUT2D eigenvalue weighted by Crippen LogP contribution is -2.51. The summed E-state index contributed by atoms with van der Waals surface area (Å²) in [6.45, 7) is 6.78. The highest BCUT2D eigenvalue weighted by molar-refractivity contribution is 6.35. The van der Waals surface area contributed by atoms with Gasteiger partial charge < -0.3 is 10.2 Å². The number of nitrogens with zero attached hydrogens (tertiary/aromatic N) is 4. The van der Waals surface area contributed by atoms with Crippen molar-refractivity contribution < 1.29 is 9.59 Å². The van der Waals surface area contributed by atoms with Crippen molar-refractivity contribution in [3.63, 3.8) is 0 Å². The lowest BCUT2D eigenvalue weighted by molar-refractivity contribution is -0.123. The Morgan fingerprint density at radius 2 is 1.87 bits per heavy atom. The van der Waals surface area contributed by atoms with Crippen LogP contribution in [-0.4, -0.2) is 70.2 Å². The van der Waals surface area contributed by atoms with Crippen LogP contribution in [0.5, 0.6) is 0 Å². The molecule has 1 aliphatic heterocycles. The normalized spacial score (nSPS) is 17.3. The summed E-state index contributed by atoms with van der Waals surface area (Å²) in [4.78, 5) is 29.3. The van der Waals surface area contributed by atoms with Crippen LogP contribution in [-0.2, 0) is 4.79 Å². The van der Waals surface area contributed by atoms with E-state index in [1.165, 1.54) is 0 Å². The fourth-order valence-corrected chi connectivity index (χ4v) is 4.46. The maximum atomic E-state index is 13.3. The molecule has 1 N–H and O–H groups in total. The van der Waals surface area contributed by atoms with E-state index in [-0.39, 0.29) is 17.9 Å². The van der Waals surface area contributed by atoms with Gasteiger partial charge in [-0.25, -0.2) is 4.68 Å². The topological polar surface area (TPSA) is 70.5 Å². The van der Waals surface area contributed by atoms with Crippen molar-refractivity contribution in [2.75, 3.05) is 32.7 Å². The molecular formula is C22H27Cl2N5O2. The number of rotatable bonds is 6. The van der Waals surface area contributed by atoms with Gasteiger partial charge in [-0.2, -0.15) is 5.10 Å². The van der Waals surface area contributed by atoms with Crippen LogP contribution in [0.3, 0.4) is 0 Å². The number of nitrogens with one attached hydrogen (secondary N) is 1. The van der Waals surface area contributed by atoms with Gasteiger partial charge >= 0.3 is 0 Å². The monoisotopic (exact) mass is 463 g/mol. The van der Waals surface area contributed by atoms with Crippen LogP contribution >= 0.6 is 23.2 Å². The number of halogens is 2. The van der Waals surface area contributed by atoms with Crippen molar-refractivity contribution in [3.05, 3.63) is 45.7 Å². The summed E-state index contributed by atoms with van der Waals surface area (Å²) in [5.41, 5.74) is 2.29. The van der Waals surface area contributed by atoms with Gasteiger partial charge in [0.15, 0.2) is 0 Å². The molecule has 9 heteroatoms. The number of aromatic nitrogens is 2. The first-order valence-corrected chi connectivity index (χ1v) is 11.4. The molecule has 1 aromatic carbocycles. The van der Waals surface area contributed by atoms with Crippen molar-refractivity contribution in [1.82, 2.24) is 24.9 Å². The van der Waals surface area contributed by atoms with Gasteiger partial charge in [-0.05, 0) is 44.9 Å². The van der Waals surface area contributed by atoms with Crippen molar-refractivity contribution >= 4 is 35.0 Å². The third-order valence-corrected chi connectivity index (χ3v) is 6.15. The number of amides is 2. The Morgan fingerprint density at radius 3 is 2.48 bits per heavy atom. The lowest BCUT2D eigenvalue weighted by Gasteiger charge is -2.34. The molecule has 31 heavy (non-hydrogen) atoms. The SMILES string of the molecule is CC(C)NC(=O)CN1CCN(C(=O)c2cnn(-c3ccc(Cl)cc3Cl)c2C2CC2)CC1. The number of piperazine rings is 1.